The van der Waals surface area contributed by atoms with Crippen molar-refractivity contribution in [2.24, 2.45) is 5.92 Å². The number of allylic oxidation sites excluding steroid dienone is 2. The second kappa shape index (κ2) is 3.51. The molecule has 1 rings (SSSR count). The van der Waals surface area contributed by atoms with E-state index in [1.54, 1.807) is 32.1 Å². The van der Waals surface area contributed by atoms with E-state index in [4.69, 9.17) is 0 Å². The molecule has 0 heterocycles. The summed E-state index contributed by atoms with van der Waals surface area (Å²) >= 11 is 0.558. The van der Waals surface area contributed by atoms with E-state index in [-0.39, 0.29) is 5.92 Å². The maximum atomic E-state index is 10.2. The monoisotopic (exact) mass is 201 g/mol. The Morgan fingerprint density at radius 3 is 2.92 bits per heavy atom. The van der Waals surface area contributed by atoms with Crippen LogP contribution in [0.3, 0.4) is 0 Å². The van der Waals surface area contributed by atoms with Crippen molar-refractivity contribution in [3.63, 3.8) is 0 Å². The van der Waals surface area contributed by atoms with Gasteiger partial charge in [0.05, 0.1) is 10.5 Å². The first-order chi connectivity index (χ1) is 5.93. The summed E-state index contributed by atoms with van der Waals surface area (Å²) in [6.45, 7) is 3.41. The van der Waals surface area contributed by atoms with Gasteiger partial charge in [-0.05, 0) is 13.0 Å². The Morgan fingerprint density at radius 1 is 1.77 bits per heavy atom. The first-order valence-electron chi connectivity index (χ1n) is 3.87. The van der Waals surface area contributed by atoms with E-state index in [9.17, 15) is 15.2 Å². The largest absolute Gasteiger partial charge is 0.385 e. The highest BCUT2D eigenvalue weighted by Crippen LogP contribution is 2.35. The van der Waals surface area contributed by atoms with Crippen LogP contribution in [0.15, 0.2) is 23.1 Å². The van der Waals surface area contributed by atoms with E-state index < -0.39 is 9.93 Å². The Hall–Kier alpha value is -0.810. The zero-order valence-electron chi connectivity index (χ0n) is 7.43. The van der Waals surface area contributed by atoms with Crippen LogP contribution in [0.4, 0.5) is 0 Å². The van der Waals surface area contributed by atoms with Crippen LogP contribution in [0.25, 0.3) is 0 Å². The number of nitro groups is 1. The van der Waals surface area contributed by atoms with Crippen molar-refractivity contribution < 1.29 is 9.44 Å². The highest BCUT2D eigenvalue weighted by atomic mass is 32.2. The quantitative estimate of drug-likeness (QED) is 0.420. The molecule has 0 saturated heterocycles. The van der Waals surface area contributed by atoms with E-state index >= 15 is 0 Å². The number of rotatable bonds is 2. The number of aliphatic hydroxyl groups is 1. The lowest BCUT2D eigenvalue weighted by molar-refractivity contribution is -0.283. The molecule has 2 atom stereocenters. The second-order valence-corrected chi connectivity index (χ2v) is 4.14. The molecule has 72 valence electrons. The molecule has 13 heavy (non-hydrogen) atoms. The van der Waals surface area contributed by atoms with Gasteiger partial charge in [0.15, 0.2) is 0 Å². The first kappa shape index (κ1) is 10.3. The van der Waals surface area contributed by atoms with Gasteiger partial charge < -0.3 is 5.11 Å². The summed E-state index contributed by atoms with van der Waals surface area (Å²) in [5.41, 5.74) is -0.979. The lowest BCUT2D eigenvalue weighted by atomic mass is 9.87. The molecule has 0 fully saturated rings. The molecule has 0 aromatic carbocycles. The van der Waals surface area contributed by atoms with Gasteiger partial charge in [-0.25, -0.2) is 0 Å². The third-order valence-corrected chi connectivity index (χ3v) is 3.03. The minimum absolute atomic E-state index is 0.229. The van der Waals surface area contributed by atoms with Gasteiger partial charge in [0, 0.05) is 5.92 Å². The summed E-state index contributed by atoms with van der Waals surface area (Å²) in [5, 5.41) is 20.0. The smallest absolute Gasteiger partial charge is 0.261 e. The number of hydrogen-bond donors (Lipinski definition) is 1. The summed E-state index contributed by atoms with van der Waals surface area (Å²) in [6, 6.07) is 0. The Balaban J connectivity index is 2.81. The molecule has 5 heteroatoms. The summed E-state index contributed by atoms with van der Waals surface area (Å²) < 4.78 is -0.461. The number of hydrogen-bond acceptors (Lipinski definition) is 4. The Labute approximate surface area is 80.6 Å². The fourth-order valence-electron chi connectivity index (χ4n) is 1.11. The summed E-state index contributed by atoms with van der Waals surface area (Å²) in [7, 11) is 0. The Morgan fingerprint density at radius 2 is 2.38 bits per heavy atom. The van der Waals surface area contributed by atoms with Gasteiger partial charge >= 0.3 is 0 Å². The van der Waals surface area contributed by atoms with Crippen molar-refractivity contribution in [2.45, 2.75) is 19.4 Å². The van der Waals surface area contributed by atoms with Gasteiger partial charge in [-0.2, -0.15) is 0 Å². The van der Waals surface area contributed by atoms with Crippen LogP contribution >= 0.6 is 11.9 Å². The van der Waals surface area contributed by atoms with Crippen molar-refractivity contribution in [3.8, 4) is 0 Å². The van der Waals surface area contributed by atoms with E-state index in [1.165, 1.54) is 0 Å². The molecule has 0 bridgehead atoms. The minimum Gasteiger partial charge on any atom is -0.385 e. The molecular weight excluding hydrogens is 190 g/mol. The molecule has 0 radical (unpaired) electrons. The number of nitrogens with zero attached hydrogens (tertiary/aromatic N) is 1. The maximum Gasteiger partial charge on any atom is 0.261 e. The molecule has 0 aliphatic heterocycles. The van der Waals surface area contributed by atoms with E-state index in [1.807, 2.05) is 0 Å². The summed E-state index contributed by atoms with van der Waals surface area (Å²) in [6.07, 6.45) is 4.95. The highest BCUT2D eigenvalue weighted by Gasteiger charge is 2.33. The normalized spacial score (nSPS) is 32.8. The third-order valence-electron chi connectivity index (χ3n) is 2.18. The molecule has 1 N–H and O–H groups in total. The predicted molar refractivity (Wildman–Crippen MR) is 51.6 cm³/mol. The fourth-order valence-corrected chi connectivity index (χ4v) is 1.82. The SMILES string of the molecule is CC1C(S[N+](=O)[O-])=CC=CC1(C)O. The first-order valence-corrected chi connectivity index (χ1v) is 4.65. The van der Waals surface area contributed by atoms with Crippen LogP contribution in [-0.4, -0.2) is 15.0 Å². The molecular formula is C8H11NO3S. The second-order valence-electron chi connectivity index (χ2n) is 3.19. The summed E-state index contributed by atoms with van der Waals surface area (Å²) in [4.78, 5) is 10.8. The van der Waals surface area contributed by atoms with Crippen molar-refractivity contribution in [2.75, 3.05) is 0 Å². The molecule has 4 nitrogen and oxygen atoms in total. The molecule has 0 aromatic heterocycles. The zero-order chi connectivity index (χ0) is 10.1. The fraction of sp³-hybridized carbons (Fsp3) is 0.500. The third kappa shape index (κ3) is 2.32. The van der Waals surface area contributed by atoms with Crippen LogP contribution < -0.4 is 0 Å². The molecule has 0 spiro atoms. The van der Waals surface area contributed by atoms with Crippen LogP contribution in [0.5, 0.6) is 0 Å². The van der Waals surface area contributed by atoms with Gasteiger partial charge in [-0.3, -0.25) is 10.1 Å². The molecule has 1 aliphatic rings. The Bertz CT molecular complexity index is 283. The molecule has 0 amide bonds. The van der Waals surface area contributed by atoms with Gasteiger partial charge in [-0.15, -0.1) is 0 Å². The average Bonchev–Trinajstić information content (AvgIpc) is 1.98. The zero-order valence-corrected chi connectivity index (χ0v) is 8.25. The maximum absolute atomic E-state index is 10.2. The molecule has 0 saturated carbocycles. The molecule has 0 aromatic rings. The van der Waals surface area contributed by atoms with Gasteiger partial charge in [0.2, 0.25) is 0 Å². The average molecular weight is 201 g/mol. The van der Waals surface area contributed by atoms with Crippen molar-refractivity contribution in [3.05, 3.63) is 33.2 Å². The van der Waals surface area contributed by atoms with Gasteiger partial charge in [0.25, 0.3) is 11.9 Å². The van der Waals surface area contributed by atoms with E-state index in [0.717, 1.165) is 0 Å². The van der Waals surface area contributed by atoms with Crippen LogP contribution in [0.1, 0.15) is 13.8 Å². The van der Waals surface area contributed by atoms with E-state index in [0.29, 0.717) is 16.9 Å². The van der Waals surface area contributed by atoms with E-state index in [2.05, 4.69) is 0 Å². The van der Waals surface area contributed by atoms with Crippen LogP contribution in [0.2, 0.25) is 0 Å². The topological polar surface area (TPSA) is 63.4 Å². The van der Waals surface area contributed by atoms with Gasteiger partial charge in [-0.1, -0.05) is 19.1 Å². The van der Waals surface area contributed by atoms with Crippen LogP contribution in [-0.2, 0) is 0 Å². The lowest BCUT2D eigenvalue weighted by Crippen LogP contribution is -2.32. The van der Waals surface area contributed by atoms with Crippen LogP contribution in [0, 0.1) is 16.0 Å². The van der Waals surface area contributed by atoms with Gasteiger partial charge in [0.1, 0.15) is 4.33 Å². The lowest BCUT2D eigenvalue weighted by Gasteiger charge is -2.28. The molecule has 1 aliphatic carbocycles. The summed E-state index contributed by atoms with van der Waals surface area (Å²) in [5.74, 6) is -0.229. The Kier molecular flexibility index (Phi) is 2.77. The minimum atomic E-state index is -0.979. The highest BCUT2D eigenvalue weighted by molar-refractivity contribution is 7.97. The molecule has 2 unspecified atom stereocenters. The van der Waals surface area contributed by atoms with Crippen molar-refractivity contribution >= 4 is 11.9 Å². The standard InChI is InChI=1S/C8H11NO3S/c1-6-7(13-9(11)12)4-3-5-8(6,2)10/h3-6,10H,1-2H3. The van der Waals surface area contributed by atoms with Crippen molar-refractivity contribution in [1.82, 2.24) is 0 Å². The van der Waals surface area contributed by atoms with Crippen molar-refractivity contribution in [1.29, 1.82) is 0 Å². The predicted octanol–water partition coefficient (Wildman–Crippen LogP) is 1.75.